The quantitative estimate of drug-likeness (QED) is 0.903. The van der Waals surface area contributed by atoms with Gasteiger partial charge in [-0.3, -0.25) is 0 Å². The van der Waals surface area contributed by atoms with E-state index < -0.39 is 0 Å². The van der Waals surface area contributed by atoms with Gasteiger partial charge in [-0.2, -0.15) is 0 Å². The number of benzene rings is 1. The van der Waals surface area contributed by atoms with Crippen LogP contribution >= 0.6 is 12.4 Å². The Morgan fingerprint density at radius 3 is 2.37 bits per heavy atom. The highest BCUT2D eigenvalue weighted by Gasteiger charge is 2.13. The van der Waals surface area contributed by atoms with Crippen molar-refractivity contribution in [3.8, 4) is 5.75 Å². The highest BCUT2D eigenvalue weighted by molar-refractivity contribution is 5.85. The highest BCUT2D eigenvalue weighted by atomic mass is 35.5. The van der Waals surface area contributed by atoms with Crippen molar-refractivity contribution < 1.29 is 4.74 Å². The molecule has 0 atom stereocenters. The van der Waals surface area contributed by atoms with Crippen molar-refractivity contribution in [3.05, 3.63) is 24.3 Å². The molecule has 0 unspecified atom stereocenters. The van der Waals surface area contributed by atoms with Crippen molar-refractivity contribution >= 4 is 18.1 Å². The molecule has 1 N–H and O–H groups in total. The van der Waals surface area contributed by atoms with Crippen LogP contribution in [0.2, 0.25) is 0 Å². The number of ether oxygens (including phenoxy) is 1. The Morgan fingerprint density at radius 2 is 1.74 bits per heavy atom. The minimum Gasteiger partial charge on any atom is -0.488 e. The molecular formula is C15H25ClN2O. The third kappa shape index (κ3) is 5.29. The van der Waals surface area contributed by atoms with E-state index in [2.05, 4.69) is 55.3 Å². The van der Waals surface area contributed by atoms with E-state index in [1.165, 1.54) is 12.1 Å². The zero-order chi connectivity index (χ0) is 13.0. The summed E-state index contributed by atoms with van der Waals surface area (Å²) in [7, 11) is 0. The summed E-state index contributed by atoms with van der Waals surface area (Å²) in [6, 6.07) is 8.45. The van der Waals surface area contributed by atoms with Crippen molar-refractivity contribution in [3.63, 3.8) is 0 Å². The molecule has 1 aliphatic heterocycles. The van der Waals surface area contributed by atoms with Gasteiger partial charge in [0.1, 0.15) is 11.4 Å². The van der Waals surface area contributed by atoms with E-state index in [1.807, 2.05) is 0 Å². The van der Waals surface area contributed by atoms with Gasteiger partial charge in [0, 0.05) is 25.3 Å². The fourth-order valence-electron chi connectivity index (χ4n) is 2.18. The summed E-state index contributed by atoms with van der Waals surface area (Å²) in [5.41, 5.74) is 1.16. The molecule has 0 aliphatic carbocycles. The van der Waals surface area contributed by atoms with Crippen LogP contribution < -0.4 is 15.0 Å². The summed E-state index contributed by atoms with van der Waals surface area (Å²) in [5.74, 6) is 0.944. The first-order valence-corrected chi connectivity index (χ1v) is 6.79. The highest BCUT2D eigenvalue weighted by Crippen LogP contribution is 2.23. The van der Waals surface area contributed by atoms with Crippen LogP contribution in [-0.4, -0.2) is 31.8 Å². The molecule has 1 heterocycles. The molecule has 4 heteroatoms. The molecule has 1 aromatic rings. The molecule has 3 nitrogen and oxygen atoms in total. The first kappa shape index (κ1) is 16.1. The molecule has 0 bridgehead atoms. The van der Waals surface area contributed by atoms with Gasteiger partial charge in [-0.25, -0.2) is 0 Å². The molecule has 1 fully saturated rings. The second kappa shape index (κ2) is 7.01. The summed E-state index contributed by atoms with van der Waals surface area (Å²) in [6.07, 6.45) is 1.21. The molecule has 1 aromatic carbocycles. The monoisotopic (exact) mass is 284 g/mol. The smallest absolute Gasteiger partial charge is 0.120 e. The molecule has 0 radical (unpaired) electrons. The lowest BCUT2D eigenvalue weighted by Gasteiger charge is -2.24. The van der Waals surface area contributed by atoms with E-state index in [0.717, 1.165) is 31.9 Å². The van der Waals surface area contributed by atoms with Crippen molar-refractivity contribution in [2.24, 2.45) is 0 Å². The van der Waals surface area contributed by atoms with E-state index >= 15 is 0 Å². The standard InChI is InChI=1S/C15H24N2O.ClH/c1-15(2,3)18-14-7-5-13(6-8-14)17-11-4-9-16-10-12-17;/h5-8,16H,4,9-12H2,1-3H3;1H. The van der Waals surface area contributed by atoms with Crippen LogP contribution in [0.5, 0.6) is 5.75 Å². The second-order valence-corrected chi connectivity index (χ2v) is 5.80. The average molecular weight is 285 g/mol. The third-order valence-electron chi connectivity index (χ3n) is 2.97. The van der Waals surface area contributed by atoms with Crippen molar-refractivity contribution in [2.75, 3.05) is 31.1 Å². The van der Waals surface area contributed by atoms with Gasteiger partial charge < -0.3 is 15.0 Å². The number of nitrogens with zero attached hydrogens (tertiary/aromatic N) is 1. The van der Waals surface area contributed by atoms with Gasteiger partial charge in [0.15, 0.2) is 0 Å². The Kier molecular flexibility index (Phi) is 5.95. The van der Waals surface area contributed by atoms with Gasteiger partial charge in [-0.15, -0.1) is 12.4 Å². The number of rotatable bonds is 2. The molecule has 2 rings (SSSR count). The van der Waals surface area contributed by atoms with E-state index in [9.17, 15) is 0 Å². The molecule has 0 spiro atoms. The predicted molar refractivity (Wildman–Crippen MR) is 83.8 cm³/mol. The maximum Gasteiger partial charge on any atom is 0.120 e. The van der Waals surface area contributed by atoms with Crippen LogP contribution in [0.1, 0.15) is 27.2 Å². The van der Waals surface area contributed by atoms with Crippen molar-refractivity contribution in [1.29, 1.82) is 0 Å². The Bertz CT molecular complexity index is 365. The Morgan fingerprint density at radius 1 is 1.05 bits per heavy atom. The largest absolute Gasteiger partial charge is 0.488 e. The minimum absolute atomic E-state index is 0. The van der Waals surface area contributed by atoms with E-state index in [-0.39, 0.29) is 18.0 Å². The summed E-state index contributed by atoms with van der Waals surface area (Å²) in [4.78, 5) is 2.43. The van der Waals surface area contributed by atoms with Gasteiger partial charge in [0.2, 0.25) is 0 Å². The minimum atomic E-state index is -0.131. The molecule has 1 aliphatic rings. The van der Waals surface area contributed by atoms with E-state index in [4.69, 9.17) is 4.74 Å². The lowest BCUT2D eigenvalue weighted by molar-refractivity contribution is 0.131. The zero-order valence-corrected chi connectivity index (χ0v) is 12.9. The first-order valence-electron chi connectivity index (χ1n) is 6.79. The van der Waals surface area contributed by atoms with Gasteiger partial charge in [-0.05, 0) is 58.0 Å². The average Bonchev–Trinajstić information content (AvgIpc) is 2.56. The van der Waals surface area contributed by atoms with Crippen LogP contribution in [0.4, 0.5) is 5.69 Å². The first-order chi connectivity index (χ1) is 8.54. The van der Waals surface area contributed by atoms with Gasteiger partial charge >= 0.3 is 0 Å². The topological polar surface area (TPSA) is 24.5 Å². The van der Waals surface area contributed by atoms with Gasteiger partial charge in [0.25, 0.3) is 0 Å². The van der Waals surface area contributed by atoms with Crippen LogP contribution in [0, 0.1) is 0 Å². The molecule has 0 amide bonds. The zero-order valence-electron chi connectivity index (χ0n) is 12.1. The fourth-order valence-corrected chi connectivity index (χ4v) is 2.18. The molecule has 1 saturated heterocycles. The van der Waals surface area contributed by atoms with E-state index in [1.54, 1.807) is 0 Å². The van der Waals surface area contributed by atoms with Crippen LogP contribution in [0.15, 0.2) is 24.3 Å². The Hall–Kier alpha value is -0.930. The Balaban J connectivity index is 0.00000180. The predicted octanol–water partition coefficient (Wildman–Crippen LogP) is 3.09. The summed E-state index contributed by atoms with van der Waals surface area (Å²) in [6.45, 7) is 10.6. The number of nitrogens with one attached hydrogen (secondary N) is 1. The molecule has 108 valence electrons. The van der Waals surface area contributed by atoms with Crippen LogP contribution in [0.25, 0.3) is 0 Å². The summed E-state index contributed by atoms with van der Waals surface area (Å²) >= 11 is 0. The SMILES string of the molecule is CC(C)(C)Oc1ccc(N2CCCNCC2)cc1.Cl. The van der Waals surface area contributed by atoms with Crippen LogP contribution in [0.3, 0.4) is 0 Å². The number of hydrogen-bond acceptors (Lipinski definition) is 3. The molecule has 19 heavy (non-hydrogen) atoms. The lowest BCUT2D eigenvalue weighted by atomic mass is 10.2. The lowest BCUT2D eigenvalue weighted by Crippen LogP contribution is -2.27. The normalized spacial score (nSPS) is 16.5. The third-order valence-corrected chi connectivity index (χ3v) is 2.97. The van der Waals surface area contributed by atoms with E-state index in [0.29, 0.717) is 0 Å². The summed E-state index contributed by atoms with van der Waals surface area (Å²) in [5, 5.41) is 3.42. The van der Waals surface area contributed by atoms with Crippen LogP contribution in [-0.2, 0) is 0 Å². The maximum absolute atomic E-state index is 5.84. The number of anilines is 1. The summed E-state index contributed by atoms with van der Waals surface area (Å²) < 4.78 is 5.84. The molecule has 0 aromatic heterocycles. The second-order valence-electron chi connectivity index (χ2n) is 5.80. The van der Waals surface area contributed by atoms with Gasteiger partial charge in [-0.1, -0.05) is 0 Å². The maximum atomic E-state index is 5.84. The molecular weight excluding hydrogens is 260 g/mol. The fraction of sp³-hybridized carbons (Fsp3) is 0.600. The number of halogens is 1. The Labute approximate surface area is 122 Å². The molecule has 0 saturated carbocycles. The van der Waals surface area contributed by atoms with Crippen molar-refractivity contribution in [2.45, 2.75) is 32.8 Å². The number of hydrogen-bond donors (Lipinski definition) is 1. The van der Waals surface area contributed by atoms with Crippen molar-refractivity contribution in [1.82, 2.24) is 5.32 Å². The van der Waals surface area contributed by atoms with Gasteiger partial charge in [0.05, 0.1) is 0 Å².